The van der Waals surface area contributed by atoms with Crippen LogP contribution in [0.1, 0.15) is 52.9 Å². The molecule has 112 valence electrons. The van der Waals surface area contributed by atoms with E-state index < -0.39 is 5.97 Å². The summed E-state index contributed by atoms with van der Waals surface area (Å²) >= 11 is 0. The molecule has 0 saturated carbocycles. The molecule has 0 spiro atoms. The molecule has 0 aromatic carbocycles. The second-order valence-corrected chi connectivity index (χ2v) is 4.63. The Bertz CT molecular complexity index is 462. The standard InChI is InChI=1S/C15H24N2O3/c1-5-17(6-2)9-8-12-11(4)14(15(19)20-7-3)16-13(12)10-18/h10,16H,5-9H2,1-4H3. The van der Waals surface area contributed by atoms with Crippen molar-refractivity contribution in [2.75, 3.05) is 26.2 Å². The molecule has 1 heterocycles. The van der Waals surface area contributed by atoms with Gasteiger partial charge in [-0.15, -0.1) is 0 Å². The van der Waals surface area contributed by atoms with E-state index >= 15 is 0 Å². The number of likely N-dealkylation sites (N-methyl/N-ethyl adjacent to an activating group) is 1. The van der Waals surface area contributed by atoms with Gasteiger partial charge in [-0.2, -0.15) is 0 Å². The highest BCUT2D eigenvalue weighted by Gasteiger charge is 2.19. The summed E-state index contributed by atoms with van der Waals surface area (Å²) in [6.45, 7) is 11.0. The lowest BCUT2D eigenvalue weighted by Gasteiger charge is -2.17. The van der Waals surface area contributed by atoms with Crippen molar-refractivity contribution in [2.45, 2.75) is 34.1 Å². The molecule has 1 aromatic rings. The molecular formula is C15H24N2O3. The molecule has 5 nitrogen and oxygen atoms in total. The summed E-state index contributed by atoms with van der Waals surface area (Å²) in [5.41, 5.74) is 2.61. The van der Waals surface area contributed by atoms with Crippen LogP contribution in [0, 0.1) is 6.92 Å². The Balaban J connectivity index is 2.95. The molecular weight excluding hydrogens is 256 g/mol. The monoisotopic (exact) mass is 280 g/mol. The fraction of sp³-hybridized carbons (Fsp3) is 0.600. The second-order valence-electron chi connectivity index (χ2n) is 4.63. The Labute approximate surface area is 120 Å². The minimum absolute atomic E-state index is 0.322. The first-order valence-electron chi connectivity index (χ1n) is 7.14. The second kappa shape index (κ2) is 7.85. The molecule has 0 aliphatic carbocycles. The fourth-order valence-electron chi connectivity index (χ4n) is 2.30. The number of H-pyrrole nitrogens is 1. The van der Waals surface area contributed by atoms with E-state index in [0.717, 1.165) is 43.5 Å². The summed E-state index contributed by atoms with van der Waals surface area (Å²) in [6.07, 6.45) is 1.52. The molecule has 0 aliphatic rings. The summed E-state index contributed by atoms with van der Waals surface area (Å²) < 4.78 is 4.99. The van der Waals surface area contributed by atoms with Crippen LogP contribution in [0.4, 0.5) is 0 Å². The highest BCUT2D eigenvalue weighted by Crippen LogP contribution is 2.19. The Kier molecular flexibility index (Phi) is 6.45. The molecule has 5 heteroatoms. The highest BCUT2D eigenvalue weighted by molar-refractivity contribution is 5.92. The van der Waals surface area contributed by atoms with Gasteiger partial charge < -0.3 is 14.6 Å². The number of aromatic amines is 1. The van der Waals surface area contributed by atoms with Gasteiger partial charge in [0.05, 0.1) is 12.3 Å². The summed E-state index contributed by atoms with van der Waals surface area (Å²) in [5, 5.41) is 0. The number of carbonyl (C=O) groups is 2. The van der Waals surface area contributed by atoms with Crippen LogP contribution in [0.25, 0.3) is 0 Å². The van der Waals surface area contributed by atoms with Gasteiger partial charge in [0.25, 0.3) is 0 Å². The van der Waals surface area contributed by atoms with Crippen LogP contribution < -0.4 is 0 Å². The molecule has 20 heavy (non-hydrogen) atoms. The van der Waals surface area contributed by atoms with E-state index in [9.17, 15) is 9.59 Å². The van der Waals surface area contributed by atoms with E-state index in [-0.39, 0.29) is 0 Å². The zero-order valence-corrected chi connectivity index (χ0v) is 12.8. The first-order valence-corrected chi connectivity index (χ1v) is 7.14. The molecule has 1 N–H and O–H groups in total. The van der Waals surface area contributed by atoms with Crippen LogP contribution in [0.5, 0.6) is 0 Å². The van der Waals surface area contributed by atoms with E-state index in [0.29, 0.717) is 18.0 Å². The van der Waals surface area contributed by atoms with Crippen LogP contribution in [-0.2, 0) is 11.2 Å². The van der Waals surface area contributed by atoms with Gasteiger partial charge >= 0.3 is 5.97 Å². The van der Waals surface area contributed by atoms with Crippen LogP contribution in [-0.4, -0.2) is 48.4 Å². The summed E-state index contributed by atoms with van der Waals surface area (Å²) in [5.74, 6) is -0.401. The average molecular weight is 280 g/mol. The van der Waals surface area contributed by atoms with Gasteiger partial charge in [0, 0.05) is 6.54 Å². The number of carbonyl (C=O) groups excluding carboxylic acids is 2. The zero-order valence-electron chi connectivity index (χ0n) is 12.8. The fourth-order valence-corrected chi connectivity index (χ4v) is 2.30. The Morgan fingerprint density at radius 1 is 1.30 bits per heavy atom. The minimum atomic E-state index is -0.401. The van der Waals surface area contributed by atoms with Gasteiger partial charge in [-0.3, -0.25) is 4.79 Å². The summed E-state index contributed by atoms with van der Waals surface area (Å²) in [6, 6.07) is 0. The molecule has 0 bridgehead atoms. The third kappa shape index (κ3) is 3.70. The van der Waals surface area contributed by atoms with Crippen LogP contribution >= 0.6 is 0 Å². The van der Waals surface area contributed by atoms with Crippen LogP contribution in [0.3, 0.4) is 0 Å². The molecule has 1 rings (SSSR count). The lowest BCUT2D eigenvalue weighted by molar-refractivity contribution is 0.0519. The van der Waals surface area contributed by atoms with E-state index in [4.69, 9.17) is 4.74 Å². The quantitative estimate of drug-likeness (QED) is 0.586. The number of nitrogens with zero attached hydrogens (tertiary/aromatic N) is 1. The molecule has 0 aliphatic heterocycles. The molecule has 0 radical (unpaired) electrons. The smallest absolute Gasteiger partial charge is 0.355 e. The predicted octanol–water partition coefficient (Wildman–Crippen LogP) is 2.20. The number of nitrogens with one attached hydrogen (secondary N) is 1. The topological polar surface area (TPSA) is 62.4 Å². The maximum atomic E-state index is 11.8. The van der Waals surface area contributed by atoms with Gasteiger partial charge in [0.15, 0.2) is 6.29 Å². The van der Waals surface area contributed by atoms with E-state index in [1.54, 1.807) is 6.92 Å². The lowest BCUT2D eigenvalue weighted by atomic mass is 10.1. The van der Waals surface area contributed by atoms with Crippen molar-refractivity contribution in [3.05, 3.63) is 22.5 Å². The molecule has 0 unspecified atom stereocenters. The number of hydrogen-bond donors (Lipinski definition) is 1. The number of rotatable bonds is 8. The van der Waals surface area contributed by atoms with Crippen molar-refractivity contribution >= 4 is 12.3 Å². The van der Waals surface area contributed by atoms with Gasteiger partial charge in [-0.1, -0.05) is 13.8 Å². The van der Waals surface area contributed by atoms with Gasteiger partial charge in [0.1, 0.15) is 5.69 Å². The van der Waals surface area contributed by atoms with E-state index in [1.807, 2.05) is 6.92 Å². The van der Waals surface area contributed by atoms with Gasteiger partial charge in [0.2, 0.25) is 0 Å². The van der Waals surface area contributed by atoms with Crippen molar-refractivity contribution in [3.63, 3.8) is 0 Å². The van der Waals surface area contributed by atoms with Crippen LogP contribution in [0.2, 0.25) is 0 Å². The number of aromatic nitrogens is 1. The normalized spacial score (nSPS) is 10.8. The minimum Gasteiger partial charge on any atom is -0.461 e. The van der Waals surface area contributed by atoms with Crippen molar-refractivity contribution in [1.29, 1.82) is 0 Å². The van der Waals surface area contributed by atoms with Crippen LogP contribution in [0.15, 0.2) is 0 Å². The van der Waals surface area contributed by atoms with Crippen molar-refractivity contribution in [1.82, 2.24) is 9.88 Å². The highest BCUT2D eigenvalue weighted by atomic mass is 16.5. The van der Waals surface area contributed by atoms with Crippen molar-refractivity contribution < 1.29 is 14.3 Å². The zero-order chi connectivity index (χ0) is 15.1. The largest absolute Gasteiger partial charge is 0.461 e. The molecule has 1 aromatic heterocycles. The first-order chi connectivity index (χ1) is 9.58. The van der Waals surface area contributed by atoms with E-state index in [1.165, 1.54) is 0 Å². The van der Waals surface area contributed by atoms with Gasteiger partial charge in [-0.25, -0.2) is 4.79 Å². The Hall–Kier alpha value is -1.62. The predicted molar refractivity (Wildman–Crippen MR) is 78.4 cm³/mol. The summed E-state index contributed by atoms with van der Waals surface area (Å²) in [4.78, 5) is 28.1. The number of esters is 1. The lowest BCUT2D eigenvalue weighted by Crippen LogP contribution is -2.25. The summed E-state index contributed by atoms with van der Waals surface area (Å²) in [7, 11) is 0. The molecule has 0 amide bonds. The molecule has 0 atom stereocenters. The van der Waals surface area contributed by atoms with Crippen molar-refractivity contribution in [2.24, 2.45) is 0 Å². The average Bonchev–Trinajstić information content (AvgIpc) is 2.77. The number of aldehydes is 1. The third-order valence-corrected chi connectivity index (χ3v) is 3.58. The first kappa shape index (κ1) is 16.4. The number of hydrogen-bond acceptors (Lipinski definition) is 4. The number of ether oxygens (including phenoxy) is 1. The maximum absolute atomic E-state index is 11.8. The molecule has 0 fully saturated rings. The van der Waals surface area contributed by atoms with E-state index in [2.05, 4.69) is 23.7 Å². The Morgan fingerprint density at radius 3 is 2.45 bits per heavy atom. The Morgan fingerprint density at radius 2 is 1.95 bits per heavy atom. The molecule has 0 saturated heterocycles. The SMILES string of the molecule is CCOC(=O)c1[nH]c(C=O)c(CCN(CC)CC)c1C. The maximum Gasteiger partial charge on any atom is 0.355 e. The van der Waals surface area contributed by atoms with Gasteiger partial charge in [-0.05, 0) is 44.5 Å². The third-order valence-electron chi connectivity index (χ3n) is 3.58. The van der Waals surface area contributed by atoms with Crippen molar-refractivity contribution in [3.8, 4) is 0 Å².